The maximum absolute atomic E-state index is 12.3. The molecule has 0 aliphatic carbocycles. The summed E-state index contributed by atoms with van der Waals surface area (Å²) in [5.74, 6) is 0. The number of rotatable bonds is 2. The number of non-ortho nitro benzene ring substituents is 1. The van der Waals surface area contributed by atoms with Crippen LogP contribution in [0.3, 0.4) is 0 Å². The first-order chi connectivity index (χ1) is 6.86. The zero-order chi connectivity index (χ0) is 11.6. The van der Waals surface area contributed by atoms with Gasteiger partial charge in [0.15, 0.2) is 0 Å². The van der Waals surface area contributed by atoms with Gasteiger partial charge in [-0.05, 0) is 11.6 Å². The molecule has 0 fully saturated rings. The van der Waals surface area contributed by atoms with E-state index in [2.05, 4.69) is 0 Å². The molecule has 0 amide bonds. The minimum atomic E-state index is -4.78. The molecule has 0 radical (unpaired) electrons. The molecule has 0 unspecified atom stereocenters. The van der Waals surface area contributed by atoms with Gasteiger partial charge in [0.2, 0.25) is 0 Å². The average molecular weight is 223 g/mol. The summed E-state index contributed by atoms with van der Waals surface area (Å²) in [6.45, 7) is -1.31. The second-order valence-corrected chi connectivity index (χ2v) is 2.73. The first kappa shape index (κ1) is 11.4. The Labute approximate surface area is 81.5 Å². The van der Waals surface area contributed by atoms with E-state index in [0.717, 1.165) is 12.1 Å². The van der Waals surface area contributed by atoms with Gasteiger partial charge in [0.05, 0.1) is 10.5 Å². The molecule has 1 aromatic rings. The van der Waals surface area contributed by atoms with Gasteiger partial charge in [-0.25, -0.2) is 4.39 Å². The van der Waals surface area contributed by atoms with Crippen LogP contribution in [0, 0.1) is 10.1 Å². The number of nitro benzene ring substituents is 1. The van der Waals surface area contributed by atoms with Gasteiger partial charge in [-0.15, -0.1) is 0 Å². The monoisotopic (exact) mass is 223 g/mol. The third-order valence-electron chi connectivity index (χ3n) is 1.75. The van der Waals surface area contributed by atoms with E-state index < -0.39 is 34.6 Å². The topological polar surface area (TPSA) is 43.1 Å². The highest BCUT2D eigenvalue weighted by atomic mass is 19.4. The highest BCUT2D eigenvalue weighted by Gasteiger charge is 2.34. The van der Waals surface area contributed by atoms with E-state index in [1.165, 1.54) is 0 Å². The van der Waals surface area contributed by atoms with E-state index in [9.17, 15) is 27.7 Å². The summed E-state index contributed by atoms with van der Waals surface area (Å²) >= 11 is 0. The van der Waals surface area contributed by atoms with Crippen molar-refractivity contribution >= 4 is 5.69 Å². The summed E-state index contributed by atoms with van der Waals surface area (Å²) < 4.78 is 49.0. The van der Waals surface area contributed by atoms with Crippen molar-refractivity contribution in [3.8, 4) is 0 Å². The van der Waals surface area contributed by atoms with Crippen LogP contribution < -0.4 is 0 Å². The van der Waals surface area contributed by atoms with Crippen LogP contribution in [0.5, 0.6) is 0 Å². The Bertz CT molecular complexity index is 389. The molecule has 0 aliphatic heterocycles. The highest BCUT2D eigenvalue weighted by molar-refractivity contribution is 5.41. The van der Waals surface area contributed by atoms with Crippen LogP contribution in [-0.2, 0) is 12.9 Å². The molecule has 0 saturated carbocycles. The van der Waals surface area contributed by atoms with Crippen molar-refractivity contribution in [3.05, 3.63) is 39.4 Å². The molecular formula is C8H5F4NO2. The normalized spacial score (nSPS) is 11.5. The first-order valence-corrected chi connectivity index (χ1v) is 3.76. The van der Waals surface area contributed by atoms with Crippen molar-refractivity contribution in [2.45, 2.75) is 12.9 Å². The van der Waals surface area contributed by atoms with E-state index in [1.807, 2.05) is 0 Å². The zero-order valence-electron chi connectivity index (χ0n) is 7.21. The van der Waals surface area contributed by atoms with Gasteiger partial charge >= 0.3 is 6.18 Å². The molecular weight excluding hydrogens is 218 g/mol. The largest absolute Gasteiger partial charge is 0.417 e. The molecule has 0 aromatic heterocycles. The lowest BCUT2D eigenvalue weighted by atomic mass is 10.1. The van der Waals surface area contributed by atoms with Crippen LogP contribution in [-0.4, -0.2) is 4.92 Å². The fourth-order valence-corrected chi connectivity index (χ4v) is 1.06. The molecule has 15 heavy (non-hydrogen) atoms. The third-order valence-corrected chi connectivity index (χ3v) is 1.75. The summed E-state index contributed by atoms with van der Waals surface area (Å²) in [6, 6.07) is 1.93. The fraction of sp³-hybridized carbons (Fsp3) is 0.250. The molecule has 1 rings (SSSR count). The zero-order valence-corrected chi connectivity index (χ0v) is 7.21. The van der Waals surface area contributed by atoms with Crippen LogP contribution in [0.25, 0.3) is 0 Å². The van der Waals surface area contributed by atoms with Crippen LogP contribution in [0.4, 0.5) is 23.2 Å². The Morgan fingerprint density at radius 2 is 1.93 bits per heavy atom. The van der Waals surface area contributed by atoms with Gasteiger partial charge in [-0.1, -0.05) is 0 Å². The van der Waals surface area contributed by atoms with Crippen molar-refractivity contribution in [1.82, 2.24) is 0 Å². The highest BCUT2D eigenvalue weighted by Crippen LogP contribution is 2.34. The quantitative estimate of drug-likeness (QED) is 0.439. The Morgan fingerprint density at radius 3 is 2.33 bits per heavy atom. The summed E-state index contributed by atoms with van der Waals surface area (Å²) in [5.41, 5.74) is -2.62. The smallest absolute Gasteiger partial charge is 0.258 e. The number of nitro groups is 1. The van der Waals surface area contributed by atoms with E-state index >= 15 is 0 Å². The second-order valence-electron chi connectivity index (χ2n) is 2.73. The van der Waals surface area contributed by atoms with Crippen molar-refractivity contribution in [2.24, 2.45) is 0 Å². The summed E-state index contributed by atoms with van der Waals surface area (Å²) in [7, 11) is 0. The Morgan fingerprint density at radius 1 is 1.33 bits per heavy atom. The first-order valence-electron chi connectivity index (χ1n) is 3.76. The molecule has 7 heteroatoms. The number of hydrogen-bond acceptors (Lipinski definition) is 2. The minimum absolute atomic E-state index is 0.328. The number of benzene rings is 1. The van der Waals surface area contributed by atoms with Crippen LogP contribution in [0.15, 0.2) is 18.2 Å². The summed E-state index contributed by atoms with van der Waals surface area (Å²) in [6.07, 6.45) is -4.78. The van der Waals surface area contributed by atoms with Crippen molar-refractivity contribution in [3.63, 3.8) is 0 Å². The van der Waals surface area contributed by atoms with Crippen LogP contribution in [0.2, 0.25) is 0 Å². The summed E-state index contributed by atoms with van der Waals surface area (Å²) in [5, 5.41) is 10.2. The van der Waals surface area contributed by atoms with E-state index in [0.29, 0.717) is 6.07 Å². The van der Waals surface area contributed by atoms with Gasteiger partial charge in [-0.3, -0.25) is 10.1 Å². The fourth-order valence-electron chi connectivity index (χ4n) is 1.06. The molecule has 1 aromatic carbocycles. The molecule has 0 bridgehead atoms. The third kappa shape index (κ3) is 2.42. The van der Waals surface area contributed by atoms with Crippen LogP contribution >= 0.6 is 0 Å². The number of hydrogen-bond donors (Lipinski definition) is 0. The molecule has 82 valence electrons. The standard InChI is InChI=1S/C8H5F4NO2/c9-4-5-1-2-6(13(14)15)3-7(5)8(10,11)12/h1-3H,4H2. The number of alkyl halides is 4. The summed E-state index contributed by atoms with van der Waals surface area (Å²) in [4.78, 5) is 9.26. The Kier molecular flexibility index (Phi) is 2.92. The van der Waals surface area contributed by atoms with Gasteiger partial charge < -0.3 is 0 Å². The molecule has 0 saturated heterocycles. The predicted octanol–water partition coefficient (Wildman–Crippen LogP) is 3.08. The number of nitrogens with zero attached hydrogens (tertiary/aromatic N) is 1. The average Bonchev–Trinajstić information content (AvgIpc) is 2.15. The van der Waals surface area contributed by atoms with Crippen molar-refractivity contribution in [2.75, 3.05) is 0 Å². The lowest BCUT2D eigenvalue weighted by Gasteiger charge is -2.09. The maximum atomic E-state index is 12.3. The maximum Gasteiger partial charge on any atom is 0.417 e. The second kappa shape index (κ2) is 3.84. The van der Waals surface area contributed by atoms with E-state index in [1.54, 1.807) is 0 Å². The Balaban J connectivity index is 3.32. The van der Waals surface area contributed by atoms with Crippen LogP contribution in [0.1, 0.15) is 11.1 Å². The van der Waals surface area contributed by atoms with E-state index in [4.69, 9.17) is 0 Å². The van der Waals surface area contributed by atoms with Gasteiger partial charge in [0.1, 0.15) is 6.67 Å². The van der Waals surface area contributed by atoms with E-state index in [-0.39, 0.29) is 0 Å². The van der Waals surface area contributed by atoms with Gasteiger partial charge in [0, 0.05) is 12.1 Å². The van der Waals surface area contributed by atoms with Crippen molar-refractivity contribution in [1.29, 1.82) is 0 Å². The predicted molar refractivity (Wildman–Crippen MR) is 42.9 cm³/mol. The minimum Gasteiger partial charge on any atom is -0.258 e. The molecule has 0 N–H and O–H groups in total. The van der Waals surface area contributed by atoms with Gasteiger partial charge in [-0.2, -0.15) is 13.2 Å². The molecule has 0 heterocycles. The SMILES string of the molecule is O=[N+]([O-])c1ccc(CF)c(C(F)(F)F)c1. The number of halogens is 4. The lowest BCUT2D eigenvalue weighted by molar-refractivity contribution is -0.385. The lowest BCUT2D eigenvalue weighted by Crippen LogP contribution is -2.09. The Hall–Kier alpha value is -1.66. The molecule has 3 nitrogen and oxygen atoms in total. The van der Waals surface area contributed by atoms with Crippen molar-refractivity contribution < 1.29 is 22.5 Å². The molecule has 0 aliphatic rings. The van der Waals surface area contributed by atoms with Gasteiger partial charge in [0.25, 0.3) is 5.69 Å². The molecule has 0 atom stereocenters. The molecule has 0 spiro atoms.